The SMILES string of the molecule is C[C@@H](COC(=O)N1C2CCC1CC(n1c(=O)[nH]c3ccccc31)C2)N(Cc1ccccc1)Cc1ccccc1. The summed E-state index contributed by atoms with van der Waals surface area (Å²) in [7, 11) is 0. The van der Waals surface area contributed by atoms with E-state index in [1.165, 1.54) is 11.1 Å². The lowest BCUT2D eigenvalue weighted by molar-refractivity contribution is 0.0375. The molecule has 0 radical (unpaired) electrons. The van der Waals surface area contributed by atoms with Gasteiger partial charge in [0.1, 0.15) is 6.61 Å². The third kappa shape index (κ3) is 5.36. The number of carbonyl (C=O) groups excluding carboxylic acids is 1. The van der Waals surface area contributed by atoms with Crippen molar-refractivity contribution in [3.8, 4) is 0 Å². The number of benzene rings is 3. The summed E-state index contributed by atoms with van der Waals surface area (Å²) in [5.74, 6) is 0. The quantitative estimate of drug-likeness (QED) is 0.320. The van der Waals surface area contributed by atoms with Crippen molar-refractivity contribution >= 4 is 17.1 Å². The molecule has 2 unspecified atom stereocenters. The molecular formula is C32H36N4O3. The van der Waals surface area contributed by atoms with Gasteiger partial charge >= 0.3 is 11.8 Å². The van der Waals surface area contributed by atoms with Crippen molar-refractivity contribution < 1.29 is 9.53 Å². The second kappa shape index (κ2) is 11.1. The number of fused-ring (bicyclic) bond motifs is 3. The Hall–Kier alpha value is -3.84. The molecule has 1 N–H and O–H groups in total. The first-order valence-corrected chi connectivity index (χ1v) is 14.0. The summed E-state index contributed by atoms with van der Waals surface area (Å²) in [4.78, 5) is 33.5. The number of imidazole rings is 1. The molecule has 3 atom stereocenters. The minimum atomic E-state index is -0.224. The second-order valence-corrected chi connectivity index (χ2v) is 11.0. The number of H-pyrrole nitrogens is 1. The van der Waals surface area contributed by atoms with Crippen LogP contribution in [-0.4, -0.2) is 50.2 Å². The van der Waals surface area contributed by atoms with Crippen molar-refractivity contribution in [3.05, 3.63) is 107 Å². The molecule has 7 nitrogen and oxygen atoms in total. The van der Waals surface area contributed by atoms with Crippen molar-refractivity contribution in [1.29, 1.82) is 0 Å². The number of aromatic nitrogens is 2. The van der Waals surface area contributed by atoms with Gasteiger partial charge in [0.05, 0.1) is 11.0 Å². The van der Waals surface area contributed by atoms with E-state index in [-0.39, 0.29) is 36.0 Å². The Morgan fingerprint density at radius 2 is 1.44 bits per heavy atom. The molecule has 0 spiro atoms. The van der Waals surface area contributed by atoms with Crippen LogP contribution in [0, 0.1) is 0 Å². The summed E-state index contributed by atoms with van der Waals surface area (Å²) < 4.78 is 7.87. The van der Waals surface area contributed by atoms with Crippen LogP contribution in [0.2, 0.25) is 0 Å². The molecule has 0 saturated carbocycles. The third-order valence-corrected chi connectivity index (χ3v) is 8.44. The lowest BCUT2D eigenvalue weighted by Crippen LogP contribution is -2.48. The lowest BCUT2D eigenvalue weighted by atomic mass is 9.97. The lowest BCUT2D eigenvalue weighted by Gasteiger charge is -2.39. The highest BCUT2D eigenvalue weighted by molar-refractivity contribution is 5.75. The predicted octanol–water partition coefficient (Wildman–Crippen LogP) is 5.73. The molecule has 7 heteroatoms. The number of nitrogens with one attached hydrogen (secondary N) is 1. The number of aromatic amines is 1. The number of amides is 1. The van der Waals surface area contributed by atoms with Crippen LogP contribution >= 0.6 is 0 Å². The normalized spacial score (nSPS) is 21.4. The molecule has 2 bridgehead atoms. The summed E-state index contributed by atoms with van der Waals surface area (Å²) in [6.45, 7) is 4.03. The second-order valence-electron chi connectivity index (χ2n) is 11.0. The largest absolute Gasteiger partial charge is 0.448 e. The first-order valence-electron chi connectivity index (χ1n) is 14.0. The topological polar surface area (TPSA) is 70.6 Å². The van der Waals surface area contributed by atoms with Gasteiger partial charge < -0.3 is 14.6 Å². The Balaban J connectivity index is 1.11. The van der Waals surface area contributed by atoms with E-state index in [2.05, 4.69) is 65.3 Å². The molecule has 1 aromatic heterocycles. The van der Waals surface area contributed by atoms with Gasteiger partial charge in [-0.05, 0) is 55.9 Å². The zero-order valence-electron chi connectivity index (χ0n) is 22.4. The van der Waals surface area contributed by atoms with Crippen LogP contribution in [0.25, 0.3) is 11.0 Å². The molecule has 3 aromatic carbocycles. The van der Waals surface area contributed by atoms with E-state index in [1.54, 1.807) is 0 Å². The molecule has 3 heterocycles. The van der Waals surface area contributed by atoms with Gasteiger partial charge in [0.2, 0.25) is 0 Å². The van der Waals surface area contributed by atoms with Gasteiger partial charge in [0.15, 0.2) is 0 Å². The molecule has 2 aliphatic heterocycles. The number of para-hydroxylation sites is 2. The highest BCUT2D eigenvalue weighted by Crippen LogP contribution is 2.41. The van der Waals surface area contributed by atoms with E-state index in [9.17, 15) is 9.59 Å². The molecule has 2 aliphatic rings. The molecular weight excluding hydrogens is 488 g/mol. The number of hydrogen-bond acceptors (Lipinski definition) is 4. The molecule has 0 aliphatic carbocycles. The zero-order valence-corrected chi connectivity index (χ0v) is 22.4. The van der Waals surface area contributed by atoms with E-state index < -0.39 is 0 Å². The van der Waals surface area contributed by atoms with Gasteiger partial charge in [-0.2, -0.15) is 0 Å². The van der Waals surface area contributed by atoms with E-state index in [0.717, 1.165) is 49.8 Å². The number of piperidine rings is 1. The van der Waals surface area contributed by atoms with E-state index >= 15 is 0 Å². The van der Waals surface area contributed by atoms with Crippen LogP contribution in [0.5, 0.6) is 0 Å². The van der Waals surface area contributed by atoms with Gasteiger partial charge in [-0.3, -0.25) is 9.47 Å². The minimum Gasteiger partial charge on any atom is -0.448 e. The van der Waals surface area contributed by atoms with Crippen molar-refractivity contribution in [3.63, 3.8) is 0 Å². The average molecular weight is 525 g/mol. The maximum atomic E-state index is 13.4. The van der Waals surface area contributed by atoms with Crippen LogP contribution in [0.15, 0.2) is 89.7 Å². The van der Waals surface area contributed by atoms with Gasteiger partial charge in [-0.15, -0.1) is 0 Å². The van der Waals surface area contributed by atoms with Gasteiger partial charge in [-0.25, -0.2) is 9.59 Å². The Morgan fingerprint density at radius 3 is 2.05 bits per heavy atom. The monoisotopic (exact) mass is 524 g/mol. The summed E-state index contributed by atoms with van der Waals surface area (Å²) >= 11 is 0. The maximum Gasteiger partial charge on any atom is 0.410 e. The van der Waals surface area contributed by atoms with Crippen LogP contribution in [0.3, 0.4) is 0 Å². The molecule has 202 valence electrons. The summed E-state index contributed by atoms with van der Waals surface area (Å²) in [5, 5.41) is 0. The van der Waals surface area contributed by atoms with Crippen LogP contribution < -0.4 is 5.69 Å². The van der Waals surface area contributed by atoms with Gasteiger partial charge in [-0.1, -0.05) is 72.8 Å². The van der Waals surface area contributed by atoms with Crippen molar-refractivity contribution in [2.75, 3.05) is 6.61 Å². The number of rotatable bonds is 8. The third-order valence-electron chi connectivity index (χ3n) is 8.44. The smallest absolute Gasteiger partial charge is 0.410 e. The fourth-order valence-corrected chi connectivity index (χ4v) is 6.47. The average Bonchev–Trinajstić information content (AvgIpc) is 3.44. The molecule has 4 aromatic rings. The molecule has 6 rings (SSSR count). The predicted molar refractivity (Wildman–Crippen MR) is 152 cm³/mol. The summed E-state index contributed by atoms with van der Waals surface area (Å²) in [6.07, 6.45) is 3.24. The zero-order chi connectivity index (χ0) is 26.8. The standard InChI is InChI=1S/C32H36N4O3/c1-23(34(20-24-10-4-2-5-11-24)21-25-12-6-3-7-13-25)22-39-32(38)35-26-16-17-27(35)19-28(18-26)36-30-15-9-8-14-29(30)33-31(36)37/h2-15,23,26-28H,16-22H2,1H3,(H,33,37)/t23-,26?,27?,28?/m0/s1. The van der Waals surface area contributed by atoms with Crippen molar-refractivity contribution in [2.24, 2.45) is 0 Å². The van der Waals surface area contributed by atoms with Crippen molar-refractivity contribution in [1.82, 2.24) is 19.4 Å². The van der Waals surface area contributed by atoms with Gasteiger partial charge in [0, 0.05) is 37.3 Å². The Labute approximate surface area is 229 Å². The molecule has 2 fully saturated rings. The first kappa shape index (κ1) is 25.4. The Morgan fingerprint density at radius 1 is 0.872 bits per heavy atom. The molecule has 1 amide bonds. The maximum absolute atomic E-state index is 13.4. The molecule has 2 saturated heterocycles. The fraction of sp³-hybridized carbons (Fsp3) is 0.375. The Bertz CT molecular complexity index is 1410. The highest BCUT2D eigenvalue weighted by atomic mass is 16.6. The van der Waals surface area contributed by atoms with E-state index in [0.29, 0.717) is 6.61 Å². The Kier molecular flexibility index (Phi) is 7.24. The minimum absolute atomic E-state index is 0.0503. The number of nitrogens with zero attached hydrogens (tertiary/aromatic N) is 3. The number of hydrogen-bond donors (Lipinski definition) is 1. The van der Waals surface area contributed by atoms with Gasteiger partial charge in [0.25, 0.3) is 0 Å². The fourth-order valence-electron chi connectivity index (χ4n) is 6.47. The number of carbonyl (C=O) groups is 1. The first-order chi connectivity index (χ1) is 19.1. The van der Waals surface area contributed by atoms with Crippen LogP contribution in [0.4, 0.5) is 4.79 Å². The van der Waals surface area contributed by atoms with E-state index in [4.69, 9.17) is 4.74 Å². The number of ether oxygens (including phenoxy) is 1. The van der Waals surface area contributed by atoms with Crippen molar-refractivity contribution in [2.45, 2.75) is 69.9 Å². The van der Waals surface area contributed by atoms with E-state index in [1.807, 2.05) is 45.9 Å². The molecule has 39 heavy (non-hydrogen) atoms. The highest BCUT2D eigenvalue weighted by Gasteiger charge is 2.45. The van der Waals surface area contributed by atoms with Crippen LogP contribution in [0.1, 0.15) is 49.8 Å². The summed E-state index contributed by atoms with van der Waals surface area (Å²) in [5.41, 5.74) is 4.20. The van der Waals surface area contributed by atoms with Crippen LogP contribution in [-0.2, 0) is 17.8 Å². The summed E-state index contributed by atoms with van der Waals surface area (Å²) in [6, 6.07) is 29.0.